The number of rotatable bonds is 6. The van der Waals surface area contributed by atoms with Crippen LogP contribution in [0.2, 0.25) is 0 Å². The zero-order valence-corrected chi connectivity index (χ0v) is 35.0. The quantitative estimate of drug-likeness (QED) is 0.245. The Labute approximate surface area is 354 Å². The minimum atomic E-state index is 0.657. The van der Waals surface area contributed by atoms with Gasteiger partial charge in [0.15, 0.2) is 17.5 Å². The molecule has 10 heteroatoms. The first-order chi connectivity index (χ1) is 28.7. The van der Waals surface area contributed by atoms with Crippen LogP contribution in [0.4, 0.5) is 0 Å². The van der Waals surface area contributed by atoms with E-state index in [2.05, 4.69) is 181 Å². The third kappa shape index (κ3) is 6.34. The van der Waals surface area contributed by atoms with Crippen molar-refractivity contribution < 1.29 is 0 Å². The topological polar surface area (TPSA) is 38.7 Å². The van der Waals surface area contributed by atoms with Crippen molar-refractivity contribution in [1.82, 2.24) is 15.0 Å². The molecule has 8 aromatic carbocycles. The van der Waals surface area contributed by atoms with Gasteiger partial charge in [0.1, 0.15) is 47.1 Å². The van der Waals surface area contributed by atoms with Gasteiger partial charge in [-0.2, -0.15) is 0 Å². The van der Waals surface area contributed by atoms with Crippen LogP contribution in [-0.4, -0.2) is 62.0 Å². The highest BCUT2D eigenvalue weighted by Crippen LogP contribution is 2.38. The summed E-state index contributed by atoms with van der Waals surface area (Å²) < 4.78 is 2.62. The number of hydrogen-bond acceptors (Lipinski definition) is 4. The Morgan fingerprint density at radius 1 is 0.305 bits per heavy atom. The molecule has 0 spiro atoms. The molecular formula is C49H37B6N3S. The van der Waals surface area contributed by atoms with Crippen LogP contribution in [-0.2, 0) is 0 Å². The van der Waals surface area contributed by atoms with E-state index in [1.807, 2.05) is 29.5 Å². The Morgan fingerprint density at radius 2 is 0.814 bits per heavy atom. The third-order valence-electron chi connectivity index (χ3n) is 12.4. The van der Waals surface area contributed by atoms with Gasteiger partial charge in [-0.05, 0) is 61.7 Å². The summed E-state index contributed by atoms with van der Waals surface area (Å²) in [5.41, 5.74) is 18.0. The molecule has 0 bridgehead atoms. The lowest BCUT2D eigenvalue weighted by atomic mass is 9.67. The second-order valence-corrected chi connectivity index (χ2v) is 16.8. The van der Waals surface area contributed by atoms with Crippen molar-refractivity contribution in [2.45, 2.75) is 0 Å². The molecule has 0 atom stereocenters. The van der Waals surface area contributed by atoms with E-state index in [1.165, 1.54) is 86.0 Å². The van der Waals surface area contributed by atoms with Crippen LogP contribution in [0.25, 0.3) is 98.5 Å². The van der Waals surface area contributed by atoms with Crippen molar-refractivity contribution in [3.05, 3.63) is 152 Å². The van der Waals surface area contributed by atoms with Crippen molar-refractivity contribution in [1.29, 1.82) is 0 Å². The highest BCUT2D eigenvalue weighted by atomic mass is 32.1. The van der Waals surface area contributed by atoms with E-state index in [0.29, 0.717) is 17.5 Å². The maximum Gasteiger partial charge on any atom is 0.164 e. The summed E-state index contributed by atoms with van der Waals surface area (Å²) in [6.07, 6.45) is 0. The largest absolute Gasteiger partial charge is 0.208 e. The zero-order valence-electron chi connectivity index (χ0n) is 34.2. The van der Waals surface area contributed by atoms with Crippen LogP contribution in [0.15, 0.2) is 152 Å². The number of nitrogens with zero attached hydrogens (tertiary/aromatic N) is 3. The molecule has 10 rings (SSSR count). The second kappa shape index (κ2) is 14.8. The summed E-state index contributed by atoms with van der Waals surface area (Å²) in [4.78, 5) is 15.9. The van der Waals surface area contributed by atoms with Gasteiger partial charge in [0.2, 0.25) is 0 Å². The second-order valence-electron chi connectivity index (χ2n) is 15.8. The normalized spacial score (nSPS) is 11.5. The average Bonchev–Trinajstić information content (AvgIpc) is 3.69. The molecule has 2 aromatic heterocycles. The Morgan fingerprint density at radius 3 is 1.51 bits per heavy atom. The molecule has 0 aliphatic rings. The van der Waals surface area contributed by atoms with Crippen LogP contribution in [0.5, 0.6) is 0 Å². The minimum absolute atomic E-state index is 0.657. The van der Waals surface area contributed by atoms with Crippen molar-refractivity contribution >= 4 is 122 Å². The summed E-state index contributed by atoms with van der Waals surface area (Å²) in [6.45, 7) is 0. The molecular weight excluding hydrogens is 727 g/mol. The third-order valence-corrected chi connectivity index (χ3v) is 13.8. The molecule has 272 valence electrons. The van der Waals surface area contributed by atoms with Crippen LogP contribution in [0.1, 0.15) is 0 Å². The van der Waals surface area contributed by atoms with Gasteiger partial charge >= 0.3 is 0 Å². The predicted molar refractivity (Wildman–Crippen MR) is 272 cm³/mol. The Kier molecular flexibility index (Phi) is 9.26. The lowest BCUT2D eigenvalue weighted by Crippen LogP contribution is -2.40. The highest BCUT2D eigenvalue weighted by molar-refractivity contribution is 7.28. The molecule has 0 saturated carbocycles. The van der Waals surface area contributed by atoms with Gasteiger partial charge < -0.3 is 0 Å². The molecule has 0 radical (unpaired) electrons. The lowest BCUT2D eigenvalue weighted by molar-refractivity contribution is 1.08. The van der Waals surface area contributed by atoms with Gasteiger partial charge in [-0.1, -0.05) is 172 Å². The van der Waals surface area contributed by atoms with Crippen molar-refractivity contribution in [2.75, 3.05) is 0 Å². The predicted octanol–water partition coefficient (Wildman–Crippen LogP) is 2.95. The number of benzene rings is 8. The van der Waals surface area contributed by atoms with Crippen LogP contribution in [0, 0.1) is 0 Å². The summed E-state index contributed by atoms with van der Waals surface area (Å²) in [7, 11) is 13.6. The molecule has 0 aliphatic carbocycles. The van der Waals surface area contributed by atoms with E-state index in [-0.39, 0.29) is 0 Å². The van der Waals surface area contributed by atoms with Crippen molar-refractivity contribution in [2.24, 2.45) is 0 Å². The first-order valence-corrected chi connectivity index (χ1v) is 21.1. The number of fused-ring (bicyclic) bond motifs is 4. The SMILES string of the molecule is Bc1c(B)c(-c2nc(-c3ccccc3)nc(-c3cccc(-c4ccc(-c5ccc6ccccc6c5)cc4)c3)n2)c2c(sc3c(B)c(-c4ccccc4)c(B)c(B)c32)c1B. The Balaban J connectivity index is 1.15. The Bertz CT molecular complexity index is 3280. The van der Waals surface area contributed by atoms with Crippen LogP contribution >= 0.6 is 11.3 Å². The summed E-state index contributed by atoms with van der Waals surface area (Å²) in [6, 6.07) is 53.8. The van der Waals surface area contributed by atoms with Crippen molar-refractivity contribution in [3.63, 3.8) is 0 Å². The minimum Gasteiger partial charge on any atom is -0.208 e. The van der Waals surface area contributed by atoms with Crippen LogP contribution < -0.4 is 32.8 Å². The molecule has 0 fully saturated rings. The maximum atomic E-state index is 5.40. The smallest absolute Gasteiger partial charge is 0.164 e. The number of aromatic nitrogens is 3. The highest BCUT2D eigenvalue weighted by Gasteiger charge is 2.25. The van der Waals surface area contributed by atoms with Gasteiger partial charge in [-0.15, -0.1) is 11.3 Å². The fourth-order valence-electron chi connectivity index (χ4n) is 8.86. The maximum absolute atomic E-state index is 5.40. The number of hydrogen-bond donors (Lipinski definition) is 0. The van der Waals surface area contributed by atoms with E-state index in [0.717, 1.165) is 27.8 Å². The molecule has 0 aliphatic heterocycles. The summed E-state index contributed by atoms with van der Waals surface area (Å²) >= 11 is 1.91. The van der Waals surface area contributed by atoms with E-state index in [1.54, 1.807) is 0 Å². The molecule has 2 heterocycles. The van der Waals surface area contributed by atoms with E-state index in [4.69, 9.17) is 15.0 Å². The molecule has 0 unspecified atom stereocenters. The Hall–Kier alpha value is -6.36. The van der Waals surface area contributed by atoms with Crippen molar-refractivity contribution in [3.8, 4) is 67.5 Å². The fraction of sp³-hybridized carbons (Fsp3) is 0. The first kappa shape index (κ1) is 36.9. The van der Waals surface area contributed by atoms with Gasteiger partial charge in [-0.25, -0.2) is 15.0 Å². The van der Waals surface area contributed by atoms with Crippen LogP contribution in [0.3, 0.4) is 0 Å². The average molecular weight is 765 g/mol. The van der Waals surface area contributed by atoms with Gasteiger partial charge in [-0.3, -0.25) is 0 Å². The lowest BCUT2D eigenvalue weighted by Gasteiger charge is -2.18. The standard InChI is InChI=1S/C49H37B6N3S/c50-39-35(29-11-3-1-4-12-29)42(53)46-37(40(39)51)36-38(41(52)43(54)44(55)45(36)59-46)49-57-47(30-13-5-2-6-14-30)56-48(58-49)34-17-9-16-32(25-34)27-18-20-28(21-19-27)33-23-22-26-10-7-8-15-31(26)24-33/h1-25H,50-55H2. The molecule has 0 saturated heterocycles. The van der Waals surface area contributed by atoms with E-state index >= 15 is 0 Å². The van der Waals surface area contributed by atoms with Gasteiger partial charge in [0, 0.05) is 31.5 Å². The zero-order chi connectivity index (χ0) is 40.4. The molecule has 10 aromatic rings. The van der Waals surface area contributed by atoms with E-state index < -0.39 is 0 Å². The fourth-order valence-corrected chi connectivity index (χ4v) is 10.3. The van der Waals surface area contributed by atoms with Gasteiger partial charge in [0.05, 0.1) is 0 Å². The molecule has 3 nitrogen and oxygen atoms in total. The molecule has 0 N–H and O–H groups in total. The first-order valence-electron chi connectivity index (χ1n) is 20.3. The van der Waals surface area contributed by atoms with E-state index in [9.17, 15) is 0 Å². The molecule has 59 heavy (non-hydrogen) atoms. The monoisotopic (exact) mass is 765 g/mol. The number of thiophene rings is 1. The summed E-state index contributed by atoms with van der Waals surface area (Å²) in [5, 5.41) is 5.04. The summed E-state index contributed by atoms with van der Waals surface area (Å²) in [5.74, 6) is 2.02. The molecule has 0 amide bonds. The van der Waals surface area contributed by atoms with Gasteiger partial charge in [0.25, 0.3) is 0 Å².